The van der Waals surface area contributed by atoms with Crippen LogP contribution in [0.2, 0.25) is 5.02 Å². The van der Waals surface area contributed by atoms with Gasteiger partial charge in [0.25, 0.3) is 5.91 Å². The fraction of sp³-hybridized carbons (Fsp3) is 0.200. The first kappa shape index (κ1) is 25.0. The highest BCUT2D eigenvalue weighted by Gasteiger charge is 2.47. The van der Waals surface area contributed by atoms with Crippen LogP contribution in [0.4, 0.5) is 4.39 Å². The Labute approximate surface area is 229 Å². The molecule has 9 heteroatoms. The van der Waals surface area contributed by atoms with E-state index in [2.05, 4.69) is 20.6 Å². The number of hydrogen-bond acceptors (Lipinski definition) is 5. The quantitative estimate of drug-likeness (QED) is 0.344. The van der Waals surface area contributed by atoms with Gasteiger partial charge >= 0.3 is 0 Å². The number of carbonyl (C=O) groups excluding carboxylic acids is 2. The van der Waals surface area contributed by atoms with E-state index in [0.717, 1.165) is 18.5 Å². The monoisotopic (exact) mass is 542 g/mol. The Morgan fingerprint density at radius 1 is 1.05 bits per heavy atom. The van der Waals surface area contributed by atoms with Gasteiger partial charge < -0.3 is 15.4 Å². The maximum atomic E-state index is 13.5. The van der Waals surface area contributed by atoms with Crippen molar-refractivity contribution in [2.75, 3.05) is 7.05 Å². The van der Waals surface area contributed by atoms with Crippen molar-refractivity contribution in [1.82, 2.24) is 20.6 Å². The van der Waals surface area contributed by atoms with E-state index in [1.54, 1.807) is 49.8 Å². The Morgan fingerprint density at radius 3 is 2.54 bits per heavy atom. The zero-order valence-corrected chi connectivity index (χ0v) is 21.7. The maximum absolute atomic E-state index is 13.5. The van der Waals surface area contributed by atoms with Gasteiger partial charge in [0.1, 0.15) is 17.8 Å². The molecule has 0 bridgehead atoms. The van der Waals surface area contributed by atoms with Crippen molar-refractivity contribution in [3.63, 3.8) is 0 Å². The number of nitrogens with zero attached hydrogens (tertiary/aromatic N) is 2. The van der Waals surface area contributed by atoms with E-state index in [-0.39, 0.29) is 17.6 Å². The molecule has 2 amide bonds. The molecule has 2 unspecified atom stereocenters. The number of hydrogen-bond donors (Lipinski definition) is 2. The van der Waals surface area contributed by atoms with Crippen LogP contribution in [0.5, 0.6) is 5.88 Å². The molecule has 196 valence electrons. The van der Waals surface area contributed by atoms with Crippen molar-refractivity contribution in [3.05, 3.63) is 112 Å². The minimum atomic E-state index is -0.707. The van der Waals surface area contributed by atoms with Crippen LogP contribution in [0.3, 0.4) is 0 Å². The Balaban J connectivity index is 1.32. The van der Waals surface area contributed by atoms with Gasteiger partial charge in [-0.25, -0.2) is 9.37 Å². The molecule has 2 atom stereocenters. The van der Waals surface area contributed by atoms with Gasteiger partial charge in [-0.15, -0.1) is 0 Å². The molecule has 0 radical (unpaired) electrons. The zero-order chi connectivity index (χ0) is 27.1. The van der Waals surface area contributed by atoms with E-state index in [1.165, 1.54) is 12.1 Å². The van der Waals surface area contributed by atoms with Gasteiger partial charge in [0, 0.05) is 46.7 Å². The highest BCUT2D eigenvalue weighted by molar-refractivity contribution is 6.33. The van der Waals surface area contributed by atoms with Crippen molar-refractivity contribution >= 4 is 23.4 Å². The summed E-state index contributed by atoms with van der Waals surface area (Å²) in [6.07, 6.45) is 4.30. The number of rotatable bonds is 6. The SMILES string of the molecule is CNC(=O)C1c2cc(-c3cc(C(=O)NC4(c5ccccn5)CC4)ccc3Cl)cnc2OC1c1ccc(F)cc1. The average Bonchev–Trinajstić information content (AvgIpc) is 3.65. The molecule has 39 heavy (non-hydrogen) atoms. The van der Waals surface area contributed by atoms with E-state index in [0.29, 0.717) is 38.7 Å². The molecule has 2 aromatic carbocycles. The van der Waals surface area contributed by atoms with Crippen LogP contribution >= 0.6 is 11.6 Å². The van der Waals surface area contributed by atoms with Gasteiger partial charge in [0.15, 0.2) is 0 Å². The van der Waals surface area contributed by atoms with E-state index >= 15 is 0 Å². The Bertz CT molecular complexity index is 1580. The van der Waals surface area contributed by atoms with Gasteiger partial charge in [0.2, 0.25) is 11.8 Å². The lowest BCUT2D eigenvalue weighted by Crippen LogP contribution is -2.35. The smallest absolute Gasteiger partial charge is 0.252 e. The minimum absolute atomic E-state index is 0.229. The van der Waals surface area contributed by atoms with Crippen LogP contribution < -0.4 is 15.4 Å². The standard InChI is InChI=1S/C30H24ClFN4O3/c1-33-28(38)25-22-15-19(16-35-29(22)39-26(25)17-5-8-20(32)9-6-17)21-14-18(7-10-23(21)31)27(37)36-30(11-12-30)24-4-2-3-13-34-24/h2-10,13-16,25-26H,11-12H2,1H3,(H,33,38)(H,36,37). The Morgan fingerprint density at radius 2 is 1.85 bits per heavy atom. The molecule has 4 aromatic rings. The molecule has 0 saturated heterocycles. The van der Waals surface area contributed by atoms with Crippen LogP contribution in [0.1, 0.15) is 52.0 Å². The third kappa shape index (κ3) is 4.61. The third-order valence-corrected chi connectivity index (χ3v) is 7.61. The third-order valence-electron chi connectivity index (χ3n) is 7.28. The average molecular weight is 543 g/mol. The lowest BCUT2D eigenvalue weighted by molar-refractivity contribution is -0.123. The fourth-order valence-corrected chi connectivity index (χ4v) is 5.26. The summed E-state index contributed by atoms with van der Waals surface area (Å²) < 4.78 is 19.6. The van der Waals surface area contributed by atoms with E-state index in [9.17, 15) is 14.0 Å². The number of ether oxygens (including phenoxy) is 1. The molecule has 2 aromatic heterocycles. The van der Waals surface area contributed by atoms with Crippen molar-refractivity contribution in [2.45, 2.75) is 30.4 Å². The lowest BCUT2D eigenvalue weighted by Gasteiger charge is -2.18. The summed E-state index contributed by atoms with van der Waals surface area (Å²) in [6.45, 7) is 0. The van der Waals surface area contributed by atoms with Gasteiger partial charge in [-0.1, -0.05) is 29.8 Å². The normalized spacial score (nSPS) is 18.5. The van der Waals surface area contributed by atoms with E-state index < -0.39 is 17.6 Å². The van der Waals surface area contributed by atoms with Gasteiger partial charge in [0.05, 0.1) is 11.2 Å². The van der Waals surface area contributed by atoms with Gasteiger partial charge in [-0.3, -0.25) is 14.6 Å². The number of benzene rings is 2. The number of amides is 2. The second-order valence-corrected chi connectivity index (χ2v) is 10.2. The number of aromatic nitrogens is 2. The van der Waals surface area contributed by atoms with Crippen molar-refractivity contribution in [2.24, 2.45) is 0 Å². The first-order valence-corrected chi connectivity index (χ1v) is 12.9. The van der Waals surface area contributed by atoms with Crippen LogP contribution in [-0.4, -0.2) is 28.8 Å². The molecule has 2 aliphatic rings. The summed E-state index contributed by atoms with van der Waals surface area (Å²) in [5.74, 6) is -1.25. The number of carbonyl (C=O) groups is 2. The number of pyridine rings is 2. The highest BCUT2D eigenvalue weighted by Crippen LogP contribution is 2.47. The van der Waals surface area contributed by atoms with Gasteiger partial charge in [-0.2, -0.15) is 0 Å². The second-order valence-electron chi connectivity index (χ2n) is 9.75. The Kier molecular flexibility index (Phi) is 6.27. The van der Waals surface area contributed by atoms with E-state index in [4.69, 9.17) is 16.3 Å². The lowest BCUT2D eigenvalue weighted by atomic mass is 9.89. The summed E-state index contributed by atoms with van der Waals surface area (Å²) in [6, 6.07) is 18.4. The fourth-order valence-electron chi connectivity index (χ4n) is 5.03. The summed E-state index contributed by atoms with van der Waals surface area (Å²) in [4.78, 5) is 35.1. The van der Waals surface area contributed by atoms with Crippen LogP contribution in [0, 0.1) is 5.82 Å². The van der Waals surface area contributed by atoms with Crippen molar-refractivity contribution in [3.8, 4) is 17.0 Å². The molecule has 0 spiro atoms. The zero-order valence-electron chi connectivity index (χ0n) is 20.9. The molecular formula is C30H24ClFN4O3. The maximum Gasteiger partial charge on any atom is 0.252 e. The summed E-state index contributed by atoms with van der Waals surface area (Å²) in [5.41, 5.74) is 3.30. The number of likely N-dealkylation sites (N-methyl/N-ethyl adjacent to an activating group) is 1. The first-order valence-electron chi connectivity index (χ1n) is 12.6. The van der Waals surface area contributed by atoms with Crippen LogP contribution in [-0.2, 0) is 10.3 Å². The molecule has 7 nitrogen and oxygen atoms in total. The molecule has 1 fully saturated rings. The number of nitrogens with one attached hydrogen (secondary N) is 2. The second kappa shape index (κ2) is 9.78. The predicted octanol–water partition coefficient (Wildman–Crippen LogP) is 5.32. The number of halogens is 2. The summed E-state index contributed by atoms with van der Waals surface area (Å²) in [5, 5.41) is 6.26. The predicted molar refractivity (Wildman–Crippen MR) is 144 cm³/mol. The molecular weight excluding hydrogens is 519 g/mol. The summed E-state index contributed by atoms with van der Waals surface area (Å²) >= 11 is 6.58. The largest absolute Gasteiger partial charge is 0.468 e. The highest BCUT2D eigenvalue weighted by atomic mass is 35.5. The number of fused-ring (bicyclic) bond motifs is 1. The Hall–Kier alpha value is -4.30. The topological polar surface area (TPSA) is 93.2 Å². The first-order chi connectivity index (χ1) is 18.9. The van der Waals surface area contributed by atoms with Crippen LogP contribution in [0.25, 0.3) is 11.1 Å². The molecule has 3 heterocycles. The van der Waals surface area contributed by atoms with Crippen molar-refractivity contribution < 1.29 is 18.7 Å². The molecule has 1 aliphatic carbocycles. The van der Waals surface area contributed by atoms with Gasteiger partial charge in [-0.05, 0) is 66.9 Å². The molecule has 1 saturated carbocycles. The summed E-state index contributed by atoms with van der Waals surface area (Å²) in [7, 11) is 1.55. The molecule has 6 rings (SSSR count). The van der Waals surface area contributed by atoms with Crippen molar-refractivity contribution in [1.29, 1.82) is 0 Å². The minimum Gasteiger partial charge on any atom is -0.468 e. The molecule has 2 N–H and O–H groups in total. The molecule has 1 aliphatic heterocycles. The van der Waals surface area contributed by atoms with Crippen LogP contribution in [0.15, 0.2) is 79.1 Å². The van der Waals surface area contributed by atoms with E-state index in [1.807, 2.05) is 24.3 Å².